The number of rotatable bonds is 4. The van der Waals surface area contributed by atoms with E-state index >= 15 is 0 Å². The summed E-state index contributed by atoms with van der Waals surface area (Å²) in [4.78, 5) is 4.58. The lowest BCUT2D eigenvalue weighted by Gasteiger charge is -2.31. The molecule has 0 heterocycles. The molecule has 0 fully saturated rings. The Hall–Kier alpha value is -2.67. The fraction of sp³-hybridized carbons (Fsp3) is 0.0500. The zero-order chi connectivity index (χ0) is 14.5. The van der Waals surface area contributed by atoms with Gasteiger partial charge in [0.25, 0.3) is 0 Å². The van der Waals surface area contributed by atoms with Crippen molar-refractivity contribution in [2.45, 2.75) is 5.54 Å². The smallest absolute Gasteiger partial charge is 0.135 e. The highest BCUT2D eigenvalue weighted by atomic mass is 14.8. The fourth-order valence-electron chi connectivity index (χ4n) is 2.81. The van der Waals surface area contributed by atoms with Gasteiger partial charge in [-0.05, 0) is 23.4 Å². The van der Waals surface area contributed by atoms with Gasteiger partial charge in [-0.2, -0.15) is 0 Å². The second-order valence-electron chi connectivity index (χ2n) is 4.97. The summed E-state index contributed by atoms with van der Waals surface area (Å²) >= 11 is 0. The molecule has 3 aromatic rings. The van der Waals surface area contributed by atoms with Gasteiger partial charge in [0.05, 0.1) is 0 Å². The van der Waals surface area contributed by atoms with Gasteiger partial charge in [0, 0.05) is 0 Å². The highest BCUT2D eigenvalue weighted by Crippen LogP contribution is 2.39. The molecule has 0 bridgehead atoms. The minimum Gasteiger partial charge on any atom is -0.280 e. The van der Waals surface area contributed by atoms with Gasteiger partial charge in [-0.3, -0.25) is 4.99 Å². The van der Waals surface area contributed by atoms with Crippen molar-refractivity contribution in [3.63, 3.8) is 0 Å². The highest BCUT2D eigenvalue weighted by molar-refractivity contribution is 5.52. The molecule has 102 valence electrons. The Morgan fingerprint density at radius 1 is 0.524 bits per heavy atom. The molecule has 1 nitrogen and oxygen atoms in total. The van der Waals surface area contributed by atoms with Crippen molar-refractivity contribution in [2.75, 3.05) is 0 Å². The Labute approximate surface area is 125 Å². The molecule has 0 radical (unpaired) electrons. The molecule has 0 unspecified atom stereocenters. The summed E-state index contributed by atoms with van der Waals surface area (Å²) in [6.45, 7) is 3.91. The third kappa shape index (κ3) is 2.27. The molecule has 0 saturated carbocycles. The average Bonchev–Trinajstić information content (AvgIpc) is 2.59. The molecule has 0 saturated heterocycles. The Bertz CT molecular complexity index is 606. The molecule has 0 spiro atoms. The largest absolute Gasteiger partial charge is 0.280 e. The van der Waals surface area contributed by atoms with Crippen molar-refractivity contribution < 1.29 is 0 Å². The maximum atomic E-state index is 4.58. The molecule has 0 aliphatic carbocycles. The molecule has 0 aliphatic rings. The van der Waals surface area contributed by atoms with E-state index in [1.54, 1.807) is 0 Å². The van der Waals surface area contributed by atoms with Crippen molar-refractivity contribution in [3.8, 4) is 0 Å². The number of hydrogen-bond donors (Lipinski definition) is 0. The summed E-state index contributed by atoms with van der Waals surface area (Å²) in [6.07, 6.45) is 0. The molecule has 0 aromatic heterocycles. The lowest BCUT2D eigenvalue weighted by molar-refractivity contribution is 0.662. The van der Waals surface area contributed by atoms with Crippen LogP contribution < -0.4 is 0 Å². The van der Waals surface area contributed by atoms with E-state index < -0.39 is 5.54 Å². The Morgan fingerprint density at radius 2 is 0.810 bits per heavy atom. The van der Waals surface area contributed by atoms with Gasteiger partial charge in [0.15, 0.2) is 0 Å². The minimum absolute atomic E-state index is 0.566. The van der Waals surface area contributed by atoms with Gasteiger partial charge in [0.1, 0.15) is 5.54 Å². The lowest BCUT2D eigenvalue weighted by atomic mass is 9.78. The van der Waals surface area contributed by atoms with E-state index in [2.05, 4.69) is 48.1 Å². The molecule has 21 heavy (non-hydrogen) atoms. The monoisotopic (exact) mass is 271 g/mol. The van der Waals surface area contributed by atoms with Gasteiger partial charge in [-0.15, -0.1) is 0 Å². The van der Waals surface area contributed by atoms with Crippen LogP contribution in [0.5, 0.6) is 0 Å². The first-order chi connectivity index (χ1) is 10.4. The predicted molar refractivity (Wildman–Crippen MR) is 88.8 cm³/mol. The standard InChI is InChI=1S/C20H17N/c1-21-20(17-11-5-2-6-12-17,18-13-7-3-8-14-18)19-15-9-4-10-16-19/h2-16H,1H2. The molecule has 0 N–H and O–H groups in total. The molecule has 0 atom stereocenters. The second kappa shape index (κ2) is 5.76. The fourth-order valence-corrected chi connectivity index (χ4v) is 2.81. The summed E-state index contributed by atoms with van der Waals surface area (Å²) in [5.41, 5.74) is 2.80. The van der Waals surface area contributed by atoms with Crippen LogP contribution in [0.15, 0.2) is 96.0 Å². The van der Waals surface area contributed by atoms with Crippen molar-refractivity contribution in [1.29, 1.82) is 0 Å². The number of aliphatic imine (C=N–C) groups is 1. The third-order valence-corrected chi connectivity index (χ3v) is 3.81. The maximum Gasteiger partial charge on any atom is 0.135 e. The maximum absolute atomic E-state index is 4.58. The van der Waals surface area contributed by atoms with Gasteiger partial charge < -0.3 is 0 Å². The van der Waals surface area contributed by atoms with Gasteiger partial charge in [-0.25, -0.2) is 0 Å². The third-order valence-electron chi connectivity index (χ3n) is 3.81. The number of benzene rings is 3. The first kappa shape index (κ1) is 13.3. The predicted octanol–water partition coefficient (Wildman–Crippen LogP) is 4.68. The second-order valence-corrected chi connectivity index (χ2v) is 4.97. The van der Waals surface area contributed by atoms with E-state index in [1.807, 2.05) is 54.6 Å². The topological polar surface area (TPSA) is 12.4 Å². The summed E-state index contributed by atoms with van der Waals surface area (Å²) in [7, 11) is 0. The van der Waals surface area contributed by atoms with Crippen LogP contribution >= 0.6 is 0 Å². The van der Waals surface area contributed by atoms with E-state index in [1.165, 1.54) is 0 Å². The zero-order valence-corrected chi connectivity index (χ0v) is 11.8. The van der Waals surface area contributed by atoms with E-state index in [0.717, 1.165) is 16.7 Å². The van der Waals surface area contributed by atoms with E-state index in [-0.39, 0.29) is 0 Å². The first-order valence-electron chi connectivity index (χ1n) is 7.02. The Balaban J connectivity index is 2.31. The summed E-state index contributed by atoms with van der Waals surface area (Å²) < 4.78 is 0. The molecule has 0 amide bonds. The number of hydrogen-bond acceptors (Lipinski definition) is 1. The van der Waals surface area contributed by atoms with E-state index in [4.69, 9.17) is 0 Å². The summed E-state index contributed by atoms with van der Waals surface area (Å²) in [6, 6.07) is 31.0. The van der Waals surface area contributed by atoms with Crippen LogP contribution in [0.1, 0.15) is 16.7 Å². The molecule has 3 rings (SSSR count). The van der Waals surface area contributed by atoms with Crippen LogP contribution in [0.2, 0.25) is 0 Å². The van der Waals surface area contributed by atoms with E-state index in [0.29, 0.717) is 0 Å². The van der Waals surface area contributed by atoms with E-state index in [9.17, 15) is 0 Å². The van der Waals surface area contributed by atoms with Crippen LogP contribution in [0.25, 0.3) is 0 Å². The summed E-state index contributed by atoms with van der Waals surface area (Å²) in [5, 5.41) is 0. The van der Waals surface area contributed by atoms with Crippen LogP contribution in [0, 0.1) is 0 Å². The van der Waals surface area contributed by atoms with Crippen molar-refractivity contribution >= 4 is 6.72 Å². The quantitative estimate of drug-likeness (QED) is 0.482. The molecule has 0 aliphatic heterocycles. The molecule has 1 heteroatoms. The van der Waals surface area contributed by atoms with Crippen LogP contribution in [-0.4, -0.2) is 6.72 Å². The van der Waals surface area contributed by atoms with Crippen molar-refractivity contribution in [1.82, 2.24) is 0 Å². The van der Waals surface area contributed by atoms with Gasteiger partial charge in [0.2, 0.25) is 0 Å². The van der Waals surface area contributed by atoms with Gasteiger partial charge >= 0.3 is 0 Å². The van der Waals surface area contributed by atoms with Gasteiger partial charge in [-0.1, -0.05) is 91.0 Å². The van der Waals surface area contributed by atoms with Crippen LogP contribution in [0.4, 0.5) is 0 Å². The van der Waals surface area contributed by atoms with Crippen molar-refractivity contribution in [3.05, 3.63) is 108 Å². The molecular weight excluding hydrogens is 254 g/mol. The average molecular weight is 271 g/mol. The minimum atomic E-state index is -0.566. The Kier molecular flexibility index (Phi) is 3.65. The lowest BCUT2D eigenvalue weighted by Crippen LogP contribution is -2.26. The number of nitrogens with zero attached hydrogens (tertiary/aromatic N) is 1. The summed E-state index contributed by atoms with van der Waals surface area (Å²) in [5.74, 6) is 0. The first-order valence-corrected chi connectivity index (χ1v) is 7.02. The normalized spacial score (nSPS) is 11.0. The van der Waals surface area contributed by atoms with Crippen molar-refractivity contribution in [2.24, 2.45) is 4.99 Å². The van der Waals surface area contributed by atoms with Crippen LogP contribution in [-0.2, 0) is 5.54 Å². The Morgan fingerprint density at radius 3 is 1.05 bits per heavy atom. The zero-order valence-electron chi connectivity index (χ0n) is 11.8. The van der Waals surface area contributed by atoms with Crippen LogP contribution in [0.3, 0.4) is 0 Å². The molecule has 3 aromatic carbocycles. The molecular formula is C20H17N. The highest BCUT2D eigenvalue weighted by Gasteiger charge is 2.34. The SMILES string of the molecule is C=NC(c1ccccc1)(c1ccccc1)c1ccccc1.